The summed E-state index contributed by atoms with van der Waals surface area (Å²) in [6.45, 7) is 3.12. The van der Waals surface area contributed by atoms with E-state index in [-0.39, 0.29) is 25.9 Å². The first kappa shape index (κ1) is 57.0. The number of aromatic nitrogens is 1. The first-order valence-electron chi connectivity index (χ1n) is 23.1. The third kappa shape index (κ3) is 18.6. The summed E-state index contributed by atoms with van der Waals surface area (Å²) in [5.74, 6) is -6.67. The van der Waals surface area contributed by atoms with Crippen LogP contribution in [0, 0.1) is 0 Å². The molecule has 8 N–H and O–H groups in total. The number of hydrogen-bond donors (Lipinski definition) is 8. The van der Waals surface area contributed by atoms with Crippen molar-refractivity contribution in [1.82, 2.24) is 41.4 Å². The molecule has 0 radical (unpaired) electrons. The van der Waals surface area contributed by atoms with Crippen molar-refractivity contribution in [2.75, 3.05) is 50.8 Å². The van der Waals surface area contributed by atoms with E-state index in [1.54, 1.807) is 6.20 Å². The van der Waals surface area contributed by atoms with Crippen LogP contribution in [0.15, 0.2) is 91.1 Å². The Morgan fingerprint density at radius 2 is 1.19 bits per heavy atom. The van der Waals surface area contributed by atoms with E-state index in [1.807, 2.05) is 89.8 Å². The second kappa shape index (κ2) is 26.7. The molecular weight excluding hydrogens is 995 g/mol. The second-order valence-corrected chi connectivity index (χ2v) is 19.1. The van der Waals surface area contributed by atoms with Crippen molar-refractivity contribution in [2.45, 2.75) is 81.1 Å². The van der Waals surface area contributed by atoms with Crippen LogP contribution >= 0.6 is 0 Å². The third-order valence-corrected chi connectivity index (χ3v) is 13.3. The van der Waals surface area contributed by atoms with Crippen molar-refractivity contribution >= 4 is 63.2 Å². The summed E-state index contributed by atoms with van der Waals surface area (Å²) in [6.07, 6.45) is -6.33. The molecule has 396 valence electrons. The molecule has 4 atom stereocenters. The number of likely N-dealkylation sites (tertiary alicyclic amines) is 1. The van der Waals surface area contributed by atoms with Gasteiger partial charge in [-0.1, -0.05) is 78.9 Å². The number of H-pyrrole nitrogens is 1. The largest absolute Gasteiger partial charge is 0.490 e. The number of para-hydroxylation sites is 1. The lowest BCUT2D eigenvalue weighted by Crippen LogP contribution is -2.59. The van der Waals surface area contributed by atoms with Gasteiger partial charge in [-0.15, -0.1) is 0 Å². The Kier molecular flexibility index (Phi) is 20.9. The van der Waals surface area contributed by atoms with Crippen molar-refractivity contribution in [3.05, 3.63) is 108 Å². The second-order valence-electron chi connectivity index (χ2n) is 17.4. The summed E-state index contributed by atoms with van der Waals surface area (Å²) in [7, 11) is -0.742. The Morgan fingerprint density at radius 1 is 0.671 bits per heavy atom. The molecule has 3 aliphatic heterocycles. The van der Waals surface area contributed by atoms with Gasteiger partial charge in [0.2, 0.25) is 29.5 Å². The van der Waals surface area contributed by atoms with Crippen LogP contribution in [0.1, 0.15) is 36.0 Å². The zero-order valence-electron chi connectivity index (χ0n) is 39.2. The van der Waals surface area contributed by atoms with Crippen molar-refractivity contribution in [2.24, 2.45) is 0 Å². The molecule has 73 heavy (non-hydrogen) atoms. The van der Waals surface area contributed by atoms with E-state index in [2.05, 4.69) is 36.5 Å². The Bertz CT molecular complexity index is 2510. The van der Waals surface area contributed by atoms with Crippen LogP contribution in [0.2, 0.25) is 0 Å². The van der Waals surface area contributed by atoms with Gasteiger partial charge in [0.1, 0.15) is 18.1 Å². The molecule has 3 saturated heterocycles. The zero-order valence-corrected chi connectivity index (χ0v) is 40.0. The number of carboxylic acids is 2. The number of carbonyl (C=O) groups is 7. The van der Waals surface area contributed by atoms with Crippen LogP contribution < -0.4 is 26.6 Å². The number of hydrogen-bond acceptors (Lipinski definition) is 10. The molecule has 0 bridgehead atoms. The Hall–Kier alpha value is -6.86. The predicted molar refractivity (Wildman–Crippen MR) is 254 cm³/mol. The number of nitrogens with one attached hydrogen (secondary N) is 6. The maximum Gasteiger partial charge on any atom is 0.490 e. The highest BCUT2D eigenvalue weighted by atomic mass is 32.2. The van der Waals surface area contributed by atoms with E-state index in [9.17, 15) is 54.5 Å². The Labute approximate surface area is 417 Å². The smallest absolute Gasteiger partial charge is 0.475 e. The van der Waals surface area contributed by atoms with E-state index in [4.69, 9.17) is 19.8 Å². The predicted octanol–water partition coefficient (Wildman–Crippen LogP) is 2.45. The number of aromatic amines is 1. The molecule has 0 unspecified atom stereocenters. The minimum absolute atomic E-state index is 0.0141. The van der Waals surface area contributed by atoms with Crippen LogP contribution in [0.5, 0.6) is 0 Å². The molecule has 4 heterocycles. The number of carboxylic acid groups (broad SMARTS) is 2. The lowest BCUT2D eigenvalue weighted by molar-refractivity contribution is -0.193. The minimum atomic E-state index is -5.08. The summed E-state index contributed by atoms with van der Waals surface area (Å²) >= 11 is 0. The summed E-state index contributed by atoms with van der Waals surface area (Å²) in [5, 5.41) is 29.8. The van der Waals surface area contributed by atoms with E-state index in [0.29, 0.717) is 37.1 Å². The molecule has 0 spiro atoms. The molecule has 25 heteroatoms. The summed E-state index contributed by atoms with van der Waals surface area (Å²) < 4.78 is 75.3. The SMILES string of the molecule is O=C(O)C(F)(F)F.O=C(O)C(F)(F)F.O=C1C[C@@H](NC(=O)CN2CCC(N3CCS(=O)CC3)CC2)C(=O)NC[C@@H](Cc2ccccc2)NC(=O)[C@H](Cc2ccccc2)NC(=O)[C@H](Cc2c[nH]c3ccccc23)N1. The number of fused-ring (bicyclic) bond motifs is 1. The van der Waals surface area contributed by atoms with Crippen LogP contribution in [0.4, 0.5) is 26.3 Å². The topological polar surface area (TPSA) is 259 Å². The van der Waals surface area contributed by atoms with Crippen molar-refractivity contribution in [1.29, 1.82) is 0 Å². The number of rotatable bonds is 10. The van der Waals surface area contributed by atoms with Gasteiger partial charge in [-0.25, -0.2) is 9.59 Å². The average molecular weight is 1050 g/mol. The van der Waals surface area contributed by atoms with Crippen LogP contribution in [-0.2, 0) is 63.6 Å². The number of amides is 5. The van der Waals surface area contributed by atoms with Crippen molar-refractivity contribution in [3.8, 4) is 0 Å². The molecule has 3 aliphatic rings. The first-order chi connectivity index (χ1) is 34.5. The van der Waals surface area contributed by atoms with Crippen molar-refractivity contribution < 1.29 is 74.3 Å². The van der Waals surface area contributed by atoms with E-state index in [0.717, 1.165) is 53.5 Å². The monoisotopic (exact) mass is 1050 g/mol. The Balaban J connectivity index is 0.000000619. The van der Waals surface area contributed by atoms with Gasteiger partial charge >= 0.3 is 24.3 Å². The van der Waals surface area contributed by atoms with Gasteiger partial charge in [0, 0.05) is 91.0 Å². The lowest BCUT2D eigenvalue weighted by atomic mass is 10.00. The molecular formula is C48H56F6N8O10S. The standard InChI is InChI=1S/C44H54N8O6S.2C2HF3O2/c53-40-26-39(49-41(54)29-51-17-15-34(16-18-51)52-19-21-59(58)22-20-52)42(55)46-28-33(23-30-9-3-1-4-10-30)47-43(56)37(24-31-11-5-2-6-12-31)50-44(57)38(48-40)25-32-27-45-36-14-8-7-13-35(32)36;2*3-2(4,5)1(6)7/h1-14,27,33-34,37-39,45H,15-26,28-29H2,(H,46,55)(H,47,56)(H,48,53)(H,49,54)(H,50,57);2*(H,6,7)/t33-,37+,38+,39-;;/m1../s1. The fourth-order valence-corrected chi connectivity index (χ4v) is 9.41. The summed E-state index contributed by atoms with van der Waals surface area (Å²) in [5.41, 5.74) is 3.42. The maximum absolute atomic E-state index is 14.3. The highest BCUT2D eigenvalue weighted by Gasteiger charge is 2.39. The summed E-state index contributed by atoms with van der Waals surface area (Å²) in [4.78, 5) is 95.5. The fourth-order valence-electron chi connectivity index (χ4n) is 8.33. The normalized spacial score (nSPS) is 21.3. The van der Waals surface area contributed by atoms with Gasteiger partial charge in [-0.2, -0.15) is 26.3 Å². The number of carbonyl (C=O) groups excluding carboxylic acids is 5. The number of aliphatic carboxylic acids is 2. The molecule has 3 aromatic carbocycles. The molecule has 5 amide bonds. The number of nitrogens with zero attached hydrogens (tertiary/aromatic N) is 2. The molecule has 18 nitrogen and oxygen atoms in total. The van der Waals surface area contributed by atoms with Crippen LogP contribution in [0.25, 0.3) is 10.9 Å². The van der Waals surface area contributed by atoms with E-state index in [1.165, 1.54) is 0 Å². The molecule has 3 fully saturated rings. The van der Waals surface area contributed by atoms with Gasteiger partial charge < -0.3 is 41.8 Å². The van der Waals surface area contributed by atoms with Gasteiger partial charge in [0.05, 0.1) is 19.0 Å². The molecule has 1 aromatic heterocycles. The number of piperidine rings is 1. The van der Waals surface area contributed by atoms with E-state index < -0.39 is 95.2 Å². The number of benzene rings is 3. The first-order valence-corrected chi connectivity index (χ1v) is 24.6. The van der Waals surface area contributed by atoms with Gasteiger partial charge in [-0.3, -0.25) is 38.0 Å². The number of alkyl halides is 6. The van der Waals surface area contributed by atoms with Crippen LogP contribution in [0.3, 0.4) is 0 Å². The average Bonchev–Trinajstić information content (AvgIpc) is 3.75. The van der Waals surface area contributed by atoms with Gasteiger partial charge in [0.25, 0.3) is 0 Å². The molecule has 0 aliphatic carbocycles. The third-order valence-electron chi connectivity index (χ3n) is 12.0. The fraction of sp³-hybridized carbons (Fsp3) is 0.438. The molecule has 7 rings (SSSR count). The van der Waals surface area contributed by atoms with Crippen molar-refractivity contribution in [3.63, 3.8) is 0 Å². The van der Waals surface area contributed by atoms with Crippen LogP contribution in [-0.4, -0.2) is 164 Å². The minimum Gasteiger partial charge on any atom is -0.475 e. The number of halogens is 6. The maximum atomic E-state index is 14.3. The zero-order chi connectivity index (χ0) is 53.3. The highest BCUT2D eigenvalue weighted by Crippen LogP contribution is 2.21. The quantitative estimate of drug-likeness (QED) is 0.107. The van der Waals surface area contributed by atoms with Gasteiger partial charge in [0.15, 0.2) is 0 Å². The lowest BCUT2D eigenvalue weighted by Gasteiger charge is -2.39. The molecule has 4 aromatic rings. The van der Waals surface area contributed by atoms with E-state index >= 15 is 0 Å². The highest BCUT2D eigenvalue weighted by molar-refractivity contribution is 7.85. The summed E-state index contributed by atoms with van der Waals surface area (Å²) in [6, 6.07) is 23.0. The van der Waals surface area contributed by atoms with Gasteiger partial charge in [-0.05, 0) is 42.0 Å². The molecule has 0 saturated carbocycles. The Morgan fingerprint density at radius 3 is 1.77 bits per heavy atom.